The van der Waals surface area contributed by atoms with Crippen LogP contribution < -0.4 is 0 Å². The van der Waals surface area contributed by atoms with Gasteiger partial charge in [0, 0.05) is 36.6 Å². The zero-order valence-corrected chi connectivity index (χ0v) is 16.8. The number of nitrogens with zero attached hydrogens (tertiary/aromatic N) is 4. The van der Waals surface area contributed by atoms with Crippen LogP contribution in [0, 0.1) is 0 Å². The highest BCUT2D eigenvalue weighted by Crippen LogP contribution is 2.27. The van der Waals surface area contributed by atoms with E-state index in [1.165, 1.54) is 11.8 Å². The average Bonchev–Trinajstić information content (AvgIpc) is 3.06. The Morgan fingerprint density at radius 3 is 2.56 bits per heavy atom. The summed E-state index contributed by atoms with van der Waals surface area (Å²) in [5, 5.41) is 2.15. The molecule has 1 unspecified atom stereocenters. The molecule has 0 saturated carbocycles. The molecule has 0 aliphatic carbocycles. The van der Waals surface area contributed by atoms with E-state index in [0.717, 1.165) is 21.7 Å². The van der Waals surface area contributed by atoms with E-state index in [-0.39, 0.29) is 0 Å². The SMILES string of the molecule is CSc1ncc(Cc2cn(S(=O)c3ccccc3)c3ncc(Cl)cc23)cn1. The fourth-order valence-electron chi connectivity index (χ4n) is 2.79. The quantitative estimate of drug-likeness (QED) is 0.358. The molecule has 4 aromatic rings. The Labute approximate surface area is 168 Å². The summed E-state index contributed by atoms with van der Waals surface area (Å²) < 4.78 is 14.8. The molecule has 0 N–H and O–H groups in total. The minimum atomic E-state index is -1.39. The van der Waals surface area contributed by atoms with Gasteiger partial charge in [0.1, 0.15) is 0 Å². The van der Waals surface area contributed by atoms with Gasteiger partial charge in [0.05, 0.1) is 9.92 Å². The van der Waals surface area contributed by atoms with Gasteiger partial charge in [0.2, 0.25) is 0 Å². The van der Waals surface area contributed by atoms with Crippen LogP contribution in [0.3, 0.4) is 0 Å². The molecule has 5 nitrogen and oxygen atoms in total. The Kier molecular flexibility index (Phi) is 5.24. The molecular weight excluding hydrogens is 400 g/mol. The molecule has 0 bridgehead atoms. The molecule has 0 amide bonds. The lowest BCUT2D eigenvalue weighted by molar-refractivity contribution is 0.678. The molecule has 27 heavy (non-hydrogen) atoms. The standard InChI is InChI=1S/C19H15ClN4OS2/c1-26-19-22-9-13(10-23-19)7-14-12-24(18-17(14)8-15(20)11-21-18)27(25)16-5-3-2-4-6-16/h2-6,8-12H,7H2,1H3. The van der Waals surface area contributed by atoms with Crippen molar-refractivity contribution in [1.82, 2.24) is 18.9 Å². The van der Waals surface area contributed by atoms with Crippen molar-refractivity contribution in [1.29, 1.82) is 0 Å². The average molecular weight is 415 g/mol. The maximum absolute atomic E-state index is 13.1. The summed E-state index contributed by atoms with van der Waals surface area (Å²) in [4.78, 5) is 13.8. The van der Waals surface area contributed by atoms with Gasteiger partial charge in [-0.2, -0.15) is 0 Å². The largest absolute Gasteiger partial charge is 0.246 e. The van der Waals surface area contributed by atoms with Crippen molar-refractivity contribution in [2.24, 2.45) is 0 Å². The molecule has 0 aliphatic rings. The summed E-state index contributed by atoms with van der Waals surface area (Å²) in [7, 11) is -1.39. The van der Waals surface area contributed by atoms with Crippen LogP contribution in [-0.2, 0) is 17.4 Å². The predicted octanol–water partition coefficient (Wildman–Crippen LogP) is 4.36. The minimum Gasteiger partial charge on any atom is -0.246 e. The fraction of sp³-hybridized carbons (Fsp3) is 0.105. The number of thioether (sulfide) groups is 1. The summed E-state index contributed by atoms with van der Waals surface area (Å²) in [5.41, 5.74) is 2.58. The third-order valence-electron chi connectivity index (χ3n) is 4.04. The highest BCUT2D eigenvalue weighted by atomic mass is 35.5. The maximum atomic E-state index is 13.1. The van der Waals surface area contributed by atoms with Gasteiger partial charge in [-0.25, -0.2) is 23.1 Å². The van der Waals surface area contributed by atoms with Crippen molar-refractivity contribution in [3.05, 3.63) is 77.3 Å². The van der Waals surface area contributed by atoms with Gasteiger partial charge >= 0.3 is 0 Å². The van der Waals surface area contributed by atoms with Crippen LogP contribution in [0.5, 0.6) is 0 Å². The van der Waals surface area contributed by atoms with Crippen LogP contribution in [0.15, 0.2) is 71.2 Å². The van der Waals surface area contributed by atoms with Crippen LogP contribution in [0.25, 0.3) is 11.0 Å². The molecule has 0 radical (unpaired) electrons. The lowest BCUT2D eigenvalue weighted by atomic mass is 10.1. The van der Waals surface area contributed by atoms with E-state index in [2.05, 4.69) is 15.0 Å². The zero-order valence-electron chi connectivity index (χ0n) is 14.4. The molecule has 0 aliphatic heterocycles. The van der Waals surface area contributed by atoms with Crippen LogP contribution in [0.1, 0.15) is 11.1 Å². The maximum Gasteiger partial charge on any atom is 0.187 e. The van der Waals surface area contributed by atoms with Crippen molar-refractivity contribution < 1.29 is 4.21 Å². The van der Waals surface area contributed by atoms with Crippen molar-refractivity contribution in [2.45, 2.75) is 16.5 Å². The topological polar surface area (TPSA) is 60.7 Å². The van der Waals surface area contributed by atoms with E-state index in [0.29, 0.717) is 22.0 Å². The Balaban J connectivity index is 1.78. The monoisotopic (exact) mass is 414 g/mol. The van der Waals surface area contributed by atoms with Gasteiger partial charge in [-0.1, -0.05) is 41.6 Å². The lowest BCUT2D eigenvalue weighted by Gasteiger charge is -2.04. The van der Waals surface area contributed by atoms with Crippen LogP contribution in [-0.4, -0.2) is 29.4 Å². The number of halogens is 1. The van der Waals surface area contributed by atoms with E-state index in [1.807, 2.05) is 61.2 Å². The van der Waals surface area contributed by atoms with Crippen LogP contribution >= 0.6 is 23.4 Å². The van der Waals surface area contributed by atoms with Gasteiger partial charge in [-0.15, -0.1) is 0 Å². The van der Waals surface area contributed by atoms with Gasteiger partial charge in [-0.05, 0) is 35.6 Å². The Morgan fingerprint density at radius 2 is 1.85 bits per heavy atom. The number of pyridine rings is 1. The number of aromatic nitrogens is 4. The molecule has 3 aromatic heterocycles. The number of benzene rings is 1. The molecule has 0 spiro atoms. The predicted molar refractivity (Wildman–Crippen MR) is 110 cm³/mol. The van der Waals surface area contributed by atoms with Crippen LogP contribution in [0.4, 0.5) is 0 Å². The highest BCUT2D eigenvalue weighted by molar-refractivity contribution is 7.98. The number of hydrogen-bond donors (Lipinski definition) is 0. The number of fused-ring (bicyclic) bond motifs is 1. The van der Waals surface area contributed by atoms with E-state index in [9.17, 15) is 4.21 Å². The van der Waals surface area contributed by atoms with Crippen molar-refractivity contribution in [2.75, 3.05) is 6.26 Å². The lowest BCUT2D eigenvalue weighted by Crippen LogP contribution is -2.04. The second-order valence-electron chi connectivity index (χ2n) is 5.82. The van der Waals surface area contributed by atoms with E-state index < -0.39 is 11.0 Å². The molecule has 8 heteroatoms. The molecule has 4 rings (SSSR count). The summed E-state index contributed by atoms with van der Waals surface area (Å²) in [6.45, 7) is 0. The zero-order chi connectivity index (χ0) is 18.8. The van der Waals surface area contributed by atoms with Crippen molar-refractivity contribution in [3.8, 4) is 0 Å². The second-order valence-corrected chi connectivity index (χ2v) is 8.39. The summed E-state index contributed by atoms with van der Waals surface area (Å²) in [5.74, 6) is 0. The molecule has 1 atom stereocenters. The first-order valence-electron chi connectivity index (χ1n) is 8.13. The highest BCUT2D eigenvalue weighted by Gasteiger charge is 2.16. The fourth-order valence-corrected chi connectivity index (χ4v) is 4.41. The van der Waals surface area contributed by atoms with E-state index in [4.69, 9.17) is 11.6 Å². The normalized spacial score (nSPS) is 12.4. The Bertz CT molecular complexity index is 1110. The first-order chi connectivity index (χ1) is 13.2. The summed E-state index contributed by atoms with van der Waals surface area (Å²) >= 11 is 7.66. The van der Waals surface area contributed by atoms with Gasteiger partial charge in [-0.3, -0.25) is 0 Å². The second kappa shape index (κ2) is 7.80. The van der Waals surface area contributed by atoms with Gasteiger partial charge in [0.15, 0.2) is 21.8 Å². The Morgan fingerprint density at radius 1 is 1.11 bits per heavy atom. The minimum absolute atomic E-state index is 0.543. The summed E-state index contributed by atoms with van der Waals surface area (Å²) in [6.07, 6.45) is 9.62. The molecule has 0 saturated heterocycles. The first-order valence-corrected chi connectivity index (χ1v) is 10.8. The number of hydrogen-bond acceptors (Lipinski definition) is 5. The molecule has 3 heterocycles. The smallest absolute Gasteiger partial charge is 0.187 e. The third kappa shape index (κ3) is 3.76. The molecule has 136 valence electrons. The van der Waals surface area contributed by atoms with Gasteiger partial charge in [0.25, 0.3) is 0 Å². The third-order valence-corrected chi connectivity index (χ3v) is 6.14. The number of rotatable bonds is 5. The van der Waals surface area contributed by atoms with Crippen molar-refractivity contribution in [3.63, 3.8) is 0 Å². The first kappa shape index (κ1) is 18.2. The van der Waals surface area contributed by atoms with Crippen molar-refractivity contribution >= 4 is 45.4 Å². The molecule has 1 aromatic carbocycles. The Hall–Kier alpha value is -2.22. The molecule has 0 fully saturated rings. The summed E-state index contributed by atoms with van der Waals surface area (Å²) in [6, 6.07) is 11.2. The van der Waals surface area contributed by atoms with Gasteiger partial charge < -0.3 is 0 Å². The van der Waals surface area contributed by atoms with E-state index >= 15 is 0 Å². The van der Waals surface area contributed by atoms with Crippen LogP contribution in [0.2, 0.25) is 5.02 Å². The van der Waals surface area contributed by atoms with E-state index in [1.54, 1.807) is 10.2 Å². The molecular formula is C19H15ClN4OS2.